The Morgan fingerprint density at radius 3 is 2.36 bits per heavy atom. The molecule has 5 nitrogen and oxygen atoms in total. The van der Waals surface area contributed by atoms with Crippen LogP contribution in [0.1, 0.15) is 11.1 Å². The van der Waals surface area contributed by atoms with E-state index >= 15 is 0 Å². The summed E-state index contributed by atoms with van der Waals surface area (Å²) < 4.78 is 16.5. The number of benzene rings is 5. The maximum Gasteiger partial charge on any atom is 0.371 e. The topological polar surface area (TPSA) is 26.3 Å². The molecule has 5 aromatic carbocycles. The number of nitrogens with zero attached hydrogens (tertiary/aromatic N) is 4. The average molecular weight is 563 g/mol. The normalized spacial score (nSPS) is 16.9. The number of ether oxygens (including phenoxy) is 1. The van der Waals surface area contributed by atoms with E-state index in [9.17, 15) is 0 Å². The second kappa shape index (κ2) is 6.99. The van der Waals surface area contributed by atoms with Gasteiger partial charge in [0.15, 0.2) is 6.20 Å². The first-order chi connectivity index (χ1) is 21.8. The van der Waals surface area contributed by atoms with Gasteiger partial charge in [-0.15, -0.1) is 4.57 Å². The quantitative estimate of drug-likeness (QED) is 0.149. The lowest BCUT2D eigenvalue weighted by atomic mass is 9.86. The fourth-order valence-corrected chi connectivity index (χ4v) is 8.81. The third kappa shape index (κ3) is 2.14. The molecule has 1 unspecified atom stereocenters. The van der Waals surface area contributed by atoms with E-state index in [1.165, 1.54) is 77.2 Å². The van der Waals surface area contributed by atoms with Crippen molar-refractivity contribution in [1.29, 1.82) is 0 Å². The van der Waals surface area contributed by atoms with Gasteiger partial charge in [-0.3, -0.25) is 0 Å². The third-order valence-corrected chi connectivity index (χ3v) is 10.3. The Hall–Kier alpha value is -5.94. The van der Waals surface area contributed by atoms with Gasteiger partial charge in [-0.05, 0) is 54.6 Å². The monoisotopic (exact) mass is 562 g/mol. The van der Waals surface area contributed by atoms with Crippen LogP contribution in [-0.2, 0) is 5.66 Å². The molecule has 0 saturated heterocycles. The minimum Gasteiger partial charge on any atom is -0.456 e. The number of hydrogen-bond donors (Lipinski definition) is 0. The van der Waals surface area contributed by atoms with Crippen LogP contribution in [0, 0.1) is 0 Å². The lowest BCUT2D eigenvalue weighted by Crippen LogP contribution is -2.71. The second-order valence-corrected chi connectivity index (χ2v) is 12.2. The van der Waals surface area contributed by atoms with E-state index in [0.29, 0.717) is 0 Å². The predicted octanol–water partition coefficient (Wildman–Crippen LogP) is 7.62. The van der Waals surface area contributed by atoms with Gasteiger partial charge in [0.1, 0.15) is 40.5 Å². The van der Waals surface area contributed by atoms with Gasteiger partial charge in [0.25, 0.3) is 0 Å². The summed E-state index contributed by atoms with van der Waals surface area (Å²) in [5.74, 6) is 1.86. The summed E-state index contributed by atoms with van der Waals surface area (Å²) >= 11 is 0. The van der Waals surface area contributed by atoms with Gasteiger partial charge >= 0.3 is 11.3 Å². The van der Waals surface area contributed by atoms with Crippen molar-refractivity contribution in [2.24, 2.45) is 0 Å². The molecule has 0 aliphatic carbocycles. The van der Waals surface area contributed by atoms with Gasteiger partial charge in [-0.1, -0.05) is 42.5 Å². The summed E-state index contributed by atoms with van der Waals surface area (Å²) in [6, 6.07) is 41.7. The lowest BCUT2D eigenvalue weighted by molar-refractivity contribution is -0.950. The van der Waals surface area contributed by atoms with Crippen LogP contribution in [-0.4, -0.2) is 8.97 Å². The van der Waals surface area contributed by atoms with E-state index in [0.717, 1.165) is 11.5 Å². The van der Waals surface area contributed by atoms with Crippen molar-refractivity contribution >= 4 is 49.1 Å². The average Bonchev–Trinajstić information content (AvgIpc) is 3.81. The van der Waals surface area contributed by atoms with E-state index in [2.05, 4.69) is 152 Å². The number of imidazole rings is 1. The molecule has 0 amide bonds. The van der Waals surface area contributed by atoms with Crippen LogP contribution in [0.3, 0.4) is 0 Å². The highest BCUT2D eigenvalue weighted by molar-refractivity contribution is 6.20. The lowest BCUT2D eigenvalue weighted by Gasteiger charge is -2.27. The molecule has 5 heteroatoms. The van der Waals surface area contributed by atoms with Gasteiger partial charge < -0.3 is 9.30 Å². The van der Waals surface area contributed by atoms with Gasteiger partial charge in [-0.2, -0.15) is 8.97 Å². The van der Waals surface area contributed by atoms with Gasteiger partial charge in [0.2, 0.25) is 5.69 Å². The number of pyridine rings is 2. The predicted molar refractivity (Wildman–Crippen MR) is 171 cm³/mol. The van der Waals surface area contributed by atoms with Crippen molar-refractivity contribution in [3.63, 3.8) is 0 Å². The van der Waals surface area contributed by atoms with Crippen LogP contribution >= 0.6 is 0 Å². The van der Waals surface area contributed by atoms with Crippen molar-refractivity contribution in [3.8, 4) is 28.4 Å². The van der Waals surface area contributed by atoms with Crippen molar-refractivity contribution < 1.29 is 13.9 Å². The fourth-order valence-electron chi connectivity index (χ4n) is 8.81. The van der Waals surface area contributed by atoms with Gasteiger partial charge in [0, 0.05) is 45.4 Å². The summed E-state index contributed by atoms with van der Waals surface area (Å²) in [7, 11) is 0. The molecule has 0 fully saturated rings. The number of rotatable bonds is 1. The van der Waals surface area contributed by atoms with E-state index < -0.39 is 5.66 Å². The molecule has 4 aromatic heterocycles. The standard InChI is InChI=1S/C39H22N4O/c1-2-9-23(10-3-1)43-30-14-5-4-11-24(30)27-21-28-25-16-17-34-37-35(25)38-40(31(28)22-32(27)43)19-20-42(38)39(37)36-26(12-8-15-33(36)44-34)29-13-6-7-18-41(29)39/h1-22H/q+2. The highest BCUT2D eigenvalue weighted by Gasteiger charge is 2.68. The first-order valence-corrected chi connectivity index (χ1v) is 15.1. The zero-order chi connectivity index (χ0) is 28.3. The Bertz CT molecular complexity index is 2810. The Balaban J connectivity index is 1.31. The maximum absolute atomic E-state index is 6.73. The second-order valence-electron chi connectivity index (χ2n) is 12.2. The van der Waals surface area contributed by atoms with Gasteiger partial charge in [0.05, 0.1) is 22.0 Å². The van der Waals surface area contributed by atoms with Gasteiger partial charge in [-0.25, -0.2) is 0 Å². The molecular weight excluding hydrogens is 540 g/mol. The highest BCUT2D eigenvalue weighted by atomic mass is 16.5. The zero-order valence-electron chi connectivity index (χ0n) is 23.4. The fraction of sp³-hybridized carbons (Fsp3) is 0.0256. The van der Waals surface area contributed by atoms with Crippen molar-refractivity contribution in [3.05, 3.63) is 145 Å². The summed E-state index contributed by atoms with van der Waals surface area (Å²) in [5, 5.41) is 6.28. The summed E-state index contributed by atoms with van der Waals surface area (Å²) in [5.41, 5.74) is 10.3. The van der Waals surface area contributed by atoms with Crippen molar-refractivity contribution in [2.45, 2.75) is 5.66 Å². The summed E-state index contributed by atoms with van der Waals surface area (Å²) in [6.07, 6.45) is 6.76. The SMILES string of the molecule is c1ccc(-n2c3ccccc3c3cc4c5ccc6c7c5c5n(cc[n+]5C75c7c(cccc7-c7cccc[n+]75)O6)c4cc32)cc1. The van der Waals surface area contributed by atoms with Crippen LogP contribution in [0.25, 0.3) is 66.1 Å². The molecule has 12 rings (SSSR count). The van der Waals surface area contributed by atoms with Crippen LogP contribution < -0.4 is 13.9 Å². The molecule has 1 atom stereocenters. The molecule has 0 radical (unpaired) electrons. The Morgan fingerprint density at radius 2 is 1.41 bits per heavy atom. The Labute approximate surface area is 250 Å². The highest BCUT2D eigenvalue weighted by Crippen LogP contribution is 2.57. The minimum absolute atomic E-state index is 0.546. The Kier molecular flexibility index (Phi) is 3.45. The third-order valence-electron chi connectivity index (χ3n) is 10.3. The van der Waals surface area contributed by atoms with E-state index in [4.69, 9.17) is 4.74 Å². The number of hydrogen-bond acceptors (Lipinski definition) is 1. The molecule has 0 saturated carbocycles. The molecule has 202 valence electrons. The number of fused-ring (bicyclic) bond motifs is 8. The zero-order valence-corrected chi connectivity index (χ0v) is 23.4. The molecule has 3 aliphatic heterocycles. The molecular formula is C39H22N4O+2. The molecule has 3 aliphatic rings. The molecule has 0 N–H and O–H groups in total. The van der Waals surface area contributed by atoms with E-state index in [1.807, 2.05) is 0 Å². The smallest absolute Gasteiger partial charge is 0.371 e. The summed E-state index contributed by atoms with van der Waals surface area (Å²) in [6.45, 7) is 0. The minimum atomic E-state index is -0.546. The first-order valence-electron chi connectivity index (χ1n) is 15.1. The molecule has 0 bridgehead atoms. The molecule has 1 spiro atoms. The largest absolute Gasteiger partial charge is 0.456 e. The Morgan fingerprint density at radius 1 is 0.568 bits per heavy atom. The van der Waals surface area contributed by atoms with Crippen LogP contribution in [0.4, 0.5) is 0 Å². The molecule has 7 heterocycles. The first kappa shape index (κ1) is 21.7. The van der Waals surface area contributed by atoms with Crippen LogP contribution in [0.15, 0.2) is 134 Å². The summed E-state index contributed by atoms with van der Waals surface area (Å²) in [4.78, 5) is 0. The number of para-hydroxylation sites is 2. The van der Waals surface area contributed by atoms with E-state index in [-0.39, 0.29) is 0 Å². The van der Waals surface area contributed by atoms with E-state index in [1.54, 1.807) is 0 Å². The number of aromatic nitrogens is 4. The van der Waals surface area contributed by atoms with Crippen LogP contribution in [0.5, 0.6) is 11.5 Å². The van der Waals surface area contributed by atoms with Crippen LogP contribution in [0.2, 0.25) is 0 Å². The molecule has 9 aromatic rings. The van der Waals surface area contributed by atoms with Crippen molar-refractivity contribution in [1.82, 2.24) is 8.97 Å². The molecule has 44 heavy (non-hydrogen) atoms. The maximum atomic E-state index is 6.73. The van der Waals surface area contributed by atoms with Crippen molar-refractivity contribution in [2.75, 3.05) is 0 Å².